The van der Waals surface area contributed by atoms with Crippen molar-refractivity contribution in [2.24, 2.45) is 53.3 Å². The van der Waals surface area contributed by atoms with Crippen LogP contribution in [0.4, 0.5) is 0 Å². The minimum atomic E-state index is -0.609. The van der Waals surface area contributed by atoms with Gasteiger partial charge in [0, 0.05) is 0 Å². The van der Waals surface area contributed by atoms with Gasteiger partial charge in [-0.3, -0.25) is 47.3 Å². The minimum Gasteiger partial charge on any atom is -0.481 e. The van der Waals surface area contributed by atoms with Gasteiger partial charge in [-0.1, -0.05) is 38.5 Å². The van der Waals surface area contributed by atoms with Crippen LogP contribution >= 0.6 is 0 Å². The number of fused-ring (bicyclic) bond motifs is 20. The van der Waals surface area contributed by atoms with Gasteiger partial charge in [-0.15, -0.1) is 0 Å². The maximum atomic E-state index is 12.2. The molecule has 0 radical (unpaired) electrons. The molecule has 8 bridgehead atoms. The molecule has 0 aromatic carbocycles. The second kappa shape index (κ2) is 11.4. The number of carboxylic acids is 1. The van der Waals surface area contributed by atoms with Crippen LogP contribution in [0.2, 0.25) is 0 Å². The van der Waals surface area contributed by atoms with Crippen molar-refractivity contribution in [3.05, 3.63) is 0 Å². The maximum absolute atomic E-state index is 12.2. The Morgan fingerprint density at radius 1 is 0.372 bits per heavy atom. The fourth-order valence-electron chi connectivity index (χ4n) is 12.2. The molecule has 17 unspecified atom stereocenters. The van der Waals surface area contributed by atoms with Crippen LogP contribution in [0.5, 0.6) is 0 Å². The van der Waals surface area contributed by atoms with Crippen molar-refractivity contribution in [3.63, 3.8) is 0 Å². The largest absolute Gasteiger partial charge is 0.481 e. The summed E-state index contributed by atoms with van der Waals surface area (Å²) in [5, 5.41) is 43.1. The van der Waals surface area contributed by atoms with E-state index in [1.165, 1.54) is 77.0 Å². The second-order valence-corrected chi connectivity index (χ2v) is 16.2. The van der Waals surface area contributed by atoms with Gasteiger partial charge in [0.05, 0.1) is 55.2 Å². The van der Waals surface area contributed by atoms with Gasteiger partial charge in [-0.2, -0.15) is 0 Å². The van der Waals surface area contributed by atoms with E-state index in [4.69, 9.17) is 0 Å². The van der Waals surface area contributed by atoms with E-state index in [2.05, 4.69) is 42.5 Å². The Hall–Kier alpha value is -0.850. The van der Waals surface area contributed by atoms with Gasteiger partial charge < -0.3 is 5.11 Å². The van der Waals surface area contributed by atoms with E-state index in [0.29, 0.717) is 78.2 Å². The lowest BCUT2D eigenvalue weighted by Crippen LogP contribution is -2.61. The molecule has 9 rings (SSSR count). The second-order valence-electron chi connectivity index (χ2n) is 16.2. The Kier molecular flexibility index (Phi) is 7.55. The molecule has 9 fully saturated rings. The molecule has 43 heavy (non-hydrogen) atoms. The molecule has 17 atom stereocenters. The zero-order valence-electron chi connectivity index (χ0n) is 25.8. The van der Waals surface area contributed by atoms with Gasteiger partial charge >= 0.3 is 5.97 Å². The number of carboxylic acid groups (broad SMARTS) is 1. The van der Waals surface area contributed by atoms with Gasteiger partial charge in [0.25, 0.3) is 0 Å². The summed E-state index contributed by atoms with van der Waals surface area (Å²) in [6.07, 6.45) is 20.7. The highest BCUT2D eigenvalue weighted by Crippen LogP contribution is 2.46. The lowest BCUT2D eigenvalue weighted by Gasteiger charge is -2.36. The lowest BCUT2D eigenvalue weighted by atomic mass is 9.73. The average Bonchev–Trinajstić information content (AvgIpc) is 3.76. The lowest BCUT2D eigenvalue weighted by molar-refractivity contribution is -0.143. The van der Waals surface area contributed by atoms with E-state index in [1.54, 1.807) is 0 Å². The van der Waals surface area contributed by atoms with E-state index in [-0.39, 0.29) is 24.4 Å². The standard InChI is InChI=1S/C33H56N8O2/c42-33(43)16-13-14-23-24(15-16)32-40-30-22-12-6-5-11-21(22)28(38-30)36-26-18-8-2-1-7-17(18)25(34-26)35-27-19-9-3-4-10-20(19)29(37-27)39-31(23)41-32/h16-32,34-41H,1-15H2,(H,42,43). The van der Waals surface area contributed by atoms with Gasteiger partial charge in [0.1, 0.15) is 0 Å². The Labute approximate surface area is 257 Å². The van der Waals surface area contributed by atoms with Crippen molar-refractivity contribution in [1.82, 2.24) is 42.5 Å². The molecule has 10 heteroatoms. The van der Waals surface area contributed by atoms with Gasteiger partial charge in [-0.25, -0.2) is 0 Å². The molecule has 5 aliphatic heterocycles. The van der Waals surface area contributed by atoms with Crippen LogP contribution in [0.3, 0.4) is 0 Å². The molecule has 0 aromatic rings. The van der Waals surface area contributed by atoms with Crippen molar-refractivity contribution in [3.8, 4) is 0 Å². The normalized spacial score (nSPS) is 56.0. The predicted octanol–water partition coefficient (Wildman–Crippen LogP) is 1.92. The molecule has 4 aliphatic carbocycles. The summed E-state index contributed by atoms with van der Waals surface area (Å²) in [5.74, 6) is 3.89. The van der Waals surface area contributed by atoms with Gasteiger partial charge in [-0.05, 0) is 105 Å². The Bertz CT molecular complexity index is 1050. The van der Waals surface area contributed by atoms with Crippen molar-refractivity contribution >= 4 is 5.97 Å². The number of aliphatic carboxylic acids is 1. The third-order valence-electron chi connectivity index (χ3n) is 14.2. The van der Waals surface area contributed by atoms with Gasteiger partial charge in [0.15, 0.2) is 0 Å². The highest BCUT2D eigenvalue weighted by atomic mass is 16.4. The van der Waals surface area contributed by atoms with Crippen LogP contribution in [0.15, 0.2) is 0 Å². The topological polar surface area (TPSA) is 134 Å². The number of nitrogens with one attached hydrogen (secondary N) is 8. The molecule has 5 heterocycles. The molecule has 0 spiro atoms. The average molecular weight is 597 g/mol. The smallest absolute Gasteiger partial charge is 0.306 e. The molecule has 0 amide bonds. The molecule has 10 nitrogen and oxygen atoms in total. The van der Waals surface area contributed by atoms with Crippen LogP contribution in [-0.2, 0) is 4.79 Å². The zero-order chi connectivity index (χ0) is 28.7. The van der Waals surface area contributed by atoms with Crippen LogP contribution in [0.1, 0.15) is 96.3 Å². The molecular formula is C33H56N8O2. The molecule has 9 N–H and O–H groups in total. The molecular weight excluding hydrogens is 540 g/mol. The first kappa shape index (κ1) is 28.4. The number of rotatable bonds is 1. The summed E-state index contributed by atoms with van der Waals surface area (Å²) in [5.41, 5.74) is 0. The summed E-state index contributed by atoms with van der Waals surface area (Å²) >= 11 is 0. The van der Waals surface area contributed by atoms with Crippen LogP contribution in [0.25, 0.3) is 0 Å². The number of carbonyl (C=O) groups is 1. The summed E-state index contributed by atoms with van der Waals surface area (Å²) < 4.78 is 0. The summed E-state index contributed by atoms with van der Waals surface area (Å²) in [6, 6.07) is 0. The Balaban J connectivity index is 1.05. The SMILES string of the molecule is O=C(O)C1CCC2C3NC4NC(NC5NC(NC6NC(NC(N3)C2C1)C1CCCCC61)C1CCCCC51)C1CCCCC41. The van der Waals surface area contributed by atoms with Crippen LogP contribution in [0, 0.1) is 53.3 Å². The fraction of sp³-hybridized carbons (Fsp3) is 0.970. The highest BCUT2D eigenvalue weighted by molar-refractivity contribution is 5.70. The minimum absolute atomic E-state index is 0.130. The molecule has 4 saturated carbocycles. The summed E-state index contributed by atoms with van der Waals surface area (Å²) in [4.78, 5) is 12.2. The van der Waals surface area contributed by atoms with E-state index < -0.39 is 5.97 Å². The third-order valence-corrected chi connectivity index (χ3v) is 14.2. The predicted molar refractivity (Wildman–Crippen MR) is 164 cm³/mol. The monoisotopic (exact) mass is 596 g/mol. The van der Waals surface area contributed by atoms with E-state index in [9.17, 15) is 9.90 Å². The molecule has 240 valence electrons. The van der Waals surface area contributed by atoms with Gasteiger partial charge in [0.2, 0.25) is 0 Å². The van der Waals surface area contributed by atoms with Crippen molar-refractivity contribution < 1.29 is 9.90 Å². The number of hydrogen-bond donors (Lipinski definition) is 9. The van der Waals surface area contributed by atoms with Crippen LogP contribution < -0.4 is 42.5 Å². The van der Waals surface area contributed by atoms with E-state index >= 15 is 0 Å². The van der Waals surface area contributed by atoms with E-state index in [1.807, 2.05) is 0 Å². The molecule has 0 aromatic heterocycles. The quantitative estimate of drug-likeness (QED) is 0.221. The van der Waals surface area contributed by atoms with Crippen molar-refractivity contribution in [1.29, 1.82) is 0 Å². The first-order chi connectivity index (χ1) is 21.1. The van der Waals surface area contributed by atoms with E-state index in [0.717, 1.165) is 19.3 Å². The number of hydrogen-bond acceptors (Lipinski definition) is 9. The zero-order valence-corrected chi connectivity index (χ0v) is 25.8. The van der Waals surface area contributed by atoms with Crippen molar-refractivity contribution in [2.75, 3.05) is 0 Å². The Morgan fingerprint density at radius 2 is 0.628 bits per heavy atom. The molecule has 5 saturated heterocycles. The Morgan fingerprint density at radius 3 is 0.907 bits per heavy atom. The summed E-state index contributed by atoms with van der Waals surface area (Å²) in [6.45, 7) is 0. The third kappa shape index (κ3) is 4.93. The maximum Gasteiger partial charge on any atom is 0.306 e. The summed E-state index contributed by atoms with van der Waals surface area (Å²) in [7, 11) is 0. The first-order valence-corrected chi connectivity index (χ1v) is 18.4. The van der Waals surface area contributed by atoms with Crippen LogP contribution in [-0.4, -0.2) is 60.4 Å². The fourth-order valence-corrected chi connectivity index (χ4v) is 12.2. The van der Waals surface area contributed by atoms with Crippen molar-refractivity contribution in [2.45, 2.75) is 146 Å². The first-order valence-electron chi connectivity index (χ1n) is 18.4. The highest BCUT2D eigenvalue weighted by Gasteiger charge is 2.55. The molecule has 9 aliphatic rings.